The van der Waals surface area contributed by atoms with Crippen molar-refractivity contribution in [1.82, 2.24) is 5.32 Å². The SMILES string of the molecule is CNC(CCCc1cccs1)Cc1ccc(OC)c(Br)c1. The Morgan fingerprint density at radius 3 is 2.81 bits per heavy atom. The number of benzene rings is 1. The van der Waals surface area contributed by atoms with E-state index in [0.29, 0.717) is 6.04 Å². The molecular weight excluding hydrogens is 346 g/mol. The van der Waals surface area contributed by atoms with Crippen LogP contribution in [0.4, 0.5) is 0 Å². The Balaban J connectivity index is 1.85. The molecule has 0 aliphatic carbocycles. The fourth-order valence-corrected chi connectivity index (χ4v) is 3.79. The molecule has 1 unspecified atom stereocenters. The molecule has 0 amide bonds. The van der Waals surface area contributed by atoms with E-state index >= 15 is 0 Å². The van der Waals surface area contributed by atoms with Gasteiger partial charge in [-0.3, -0.25) is 0 Å². The van der Waals surface area contributed by atoms with Crippen LogP contribution >= 0.6 is 27.3 Å². The highest BCUT2D eigenvalue weighted by atomic mass is 79.9. The van der Waals surface area contributed by atoms with E-state index in [1.165, 1.54) is 29.7 Å². The van der Waals surface area contributed by atoms with Gasteiger partial charge in [0.1, 0.15) is 5.75 Å². The van der Waals surface area contributed by atoms with E-state index in [-0.39, 0.29) is 0 Å². The standard InChI is InChI=1S/C17H22BrNOS/c1-19-14(5-3-6-15-7-4-10-21-15)11-13-8-9-17(20-2)16(18)12-13/h4,7-10,12,14,19H,3,5-6,11H2,1-2H3. The van der Waals surface area contributed by atoms with Crippen molar-refractivity contribution in [2.45, 2.75) is 31.7 Å². The fourth-order valence-electron chi connectivity index (χ4n) is 2.45. The maximum atomic E-state index is 5.28. The van der Waals surface area contributed by atoms with Gasteiger partial charge in [-0.25, -0.2) is 0 Å². The van der Waals surface area contributed by atoms with Gasteiger partial charge in [0.05, 0.1) is 11.6 Å². The molecule has 0 saturated carbocycles. The van der Waals surface area contributed by atoms with Crippen molar-refractivity contribution >= 4 is 27.3 Å². The summed E-state index contributed by atoms with van der Waals surface area (Å²) < 4.78 is 6.30. The summed E-state index contributed by atoms with van der Waals surface area (Å²) in [5, 5.41) is 5.59. The molecule has 2 aromatic rings. The maximum Gasteiger partial charge on any atom is 0.133 e. The van der Waals surface area contributed by atoms with Crippen LogP contribution in [-0.2, 0) is 12.8 Å². The smallest absolute Gasteiger partial charge is 0.133 e. The number of ether oxygens (including phenoxy) is 1. The van der Waals surface area contributed by atoms with Gasteiger partial charge in [-0.15, -0.1) is 11.3 Å². The molecule has 0 saturated heterocycles. The van der Waals surface area contributed by atoms with Crippen LogP contribution in [-0.4, -0.2) is 20.2 Å². The second kappa shape index (κ2) is 8.57. The van der Waals surface area contributed by atoms with E-state index in [1.807, 2.05) is 24.5 Å². The van der Waals surface area contributed by atoms with Crippen molar-refractivity contribution in [3.8, 4) is 5.75 Å². The summed E-state index contributed by atoms with van der Waals surface area (Å²) in [5.74, 6) is 0.887. The summed E-state index contributed by atoms with van der Waals surface area (Å²) in [7, 11) is 3.75. The number of halogens is 1. The van der Waals surface area contributed by atoms with Gasteiger partial charge in [0, 0.05) is 10.9 Å². The first-order valence-corrected chi connectivity index (χ1v) is 8.92. The summed E-state index contributed by atoms with van der Waals surface area (Å²) in [4.78, 5) is 1.48. The Morgan fingerprint density at radius 1 is 1.33 bits per heavy atom. The molecule has 0 fully saturated rings. The van der Waals surface area contributed by atoms with Gasteiger partial charge in [0.2, 0.25) is 0 Å². The average Bonchev–Trinajstić information content (AvgIpc) is 2.99. The van der Waals surface area contributed by atoms with Crippen molar-refractivity contribution < 1.29 is 4.74 Å². The predicted molar refractivity (Wildman–Crippen MR) is 94.5 cm³/mol. The molecule has 0 spiro atoms. The van der Waals surface area contributed by atoms with Gasteiger partial charge in [-0.05, 0) is 77.8 Å². The molecule has 4 heteroatoms. The summed E-state index contributed by atoms with van der Waals surface area (Å²) in [6.45, 7) is 0. The van der Waals surface area contributed by atoms with Crippen molar-refractivity contribution in [3.63, 3.8) is 0 Å². The highest BCUT2D eigenvalue weighted by molar-refractivity contribution is 9.10. The van der Waals surface area contributed by atoms with Crippen molar-refractivity contribution in [3.05, 3.63) is 50.6 Å². The Hall–Kier alpha value is -0.840. The molecular formula is C17H22BrNOS. The van der Waals surface area contributed by atoms with E-state index in [9.17, 15) is 0 Å². The Morgan fingerprint density at radius 2 is 2.19 bits per heavy atom. The number of hydrogen-bond acceptors (Lipinski definition) is 3. The van der Waals surface area contributed by atoms with Crippen LogP contribution in [0.3, 0.4) is 0 Å². The molecule has 21 heavy (non-hydrogen) atoms. The number of likely N-dealkylation sites (N-methyl/N-ethyl adjacent to an activating group) is 1. The highest BCUT2D eigenvalue weighted by Crippen LogP contribution is 2.26. The topological polar surface area (TPSA) is 21.3 Å². The number of aryl methyl sites for hydroxylation is 1. The van der Waals surface area contributed by atoms with Crippen molar-refractivity contribution in [1.29, 1.82) is 0 Å². The van der Waals surface area contributed by atoms with Gasteiger partial charge in [0.15, 0.2) is 0 Å². The minimum Gasteiger partial charge on any atom is -0.496 e. The van der Waals surface area contributed by atoms with Crippen LogP contribution in [0, 0.1) is 0 Å². The van der Waals surface area contributed by atoms with E-state index in [4.69, 9.17) is 4.74 Å². The average molecular weight is 368 g/mol. The molecule has 1 N–H and O–H groups in total. The molecule has 1 heterocycles. The van der Waals surface area contributed by atoms with Gasteiger partial charge >= 0.3 is 0 Å². The highest BCUT2D eigenvalue weighted by Gasteiger charge is 2.09. The molecule has 0 aliphatic heterocycles. The first-order chi connectivity index (χ1) is 10.2. The molecule has 2 nitrogen and oxygen atoms in total. The second-order valence-corrected chi connectivity index (χ2v) is 7.02. The largest absolute Gasteiger partial charge is 0.496 e. The van der Waals surface area contributed by atoms with Crippen LogP contribution in [0.25, 0.3) is 0 Å². The van der Waals surface area contributed by atoms with Gasteiger partial charge in [0.25, 0.3) is 0 Å². The minimum absolute atomic E-state index is 0.519. The third kappa shape index (κ3) is 5.13. The van der Waals surface area contributed by atoms with E-state index in [2.05, 4.69) is 50.9 Å². The summed E-state index contributed by atoms with van der Waals surface area (Å²) >= 11 is 5.41. The van der Waals surface area contributed by atoms with Gasteiger partial charge in [-0.1, -0.05) is 12.1 Å². The van der Waals surface area contributed by atoms with Crippen LogP contribution in [0.2, 0.25) is 0 Å². The fraction of sp³-hybridized carbons (Fsp3) is 0.412. The molecule has 1 aromatic carbocycles. The summed E-state index contributed by atoms with van der Waals surface area (Å²) in [6, 6.07) is 11.2. The Bertz CT molecular complexity index is 542. The molecule has 2 rings (SSSR count). The zero-order valence-electron chi connectivity index (χ0n) is 12.6. The predicted octanol–water partition coefficient (Wildman–Crippen LogP) is 4.67. The number of methoxy groups -OCH3 is 1. The van der Waals surface area contributed by atoms with Gasteiger partial charge < -0.3 is 10.1 Å². The van der Waals surface area contributed by atoms with E-state index in [1.54, 1.807) is 7.11 Å². The number of thiophene rings is 1. The number of rotatable bonds is 8. The third-order valence-electron chi connectivity index (χ3n) is 3.66. The molecule has 0 bridgehead atoms. The third-order valence-corrected chi connectivity index (χ3v) is 5.22. The Kier molecular flexibility index (Phi) is 6.74. The summed E-state index contributed by atoms with van der Waals surface area (Å²) in [5.41, 5.74) is 1.33. The second-order valence-electron chi connectivity index (χ2n) is 5.13. The molecule has 0 radical (unpaired) electrons. The zero-order chi connectivity index (χ0) is 15.1. The number of nitrogens with one attached hydrogen (secondary N) is 1. The maximum absolute atomic E-state index is 5.28. The summed E-state index contributed by atoms with van der Waals surface area (Å²) in [6.07, 6.45) is 4.65. The van der Waals surface area contributed by atoms with Crippen LogP contribution in [0.1, 0.15) is 23.3 Å². The van der Waals surface area contributed by atoms with Crippen LogP contribution < -0.4 is 10.1 Å². The molecule has 1 atom stereocenters. The van der Waals surface area contributed by atoms with E-state index < -0.39 is 0 Å². The Labute approximate surface area is 139 Å². The van der Waals surface area contributed by atoms with Crippen molar-refractivity contribution in [2.75, 3.05) is 14.2 Å². The zero-order valence-corrected chi connectivity index (χ0v) is 15.0. The lowest BCUT2D eigenvalue weighted by atomic mass is 10.0. The van der Waals surface area contributed by atoms with Crippen molar-refractivity contribution in [2.24, 2.45) is 0 Å². The lowest BCUT2D eigenvalue weighted by Crippen LogP contribution is -2.27. The first kappa shape index (κ1) is 16.5. The van der Waals surface area contributed by atoms with E-state index in [0.717, 1.165) is 16.6 Å². The first-order valence-electron chi connectivity index (χ1n) is 7.25. The minimum atomic E-state index is 0.519. The monoisotopic (exact) mass is 367 g/mol. The lowest BCUT2D eigenvalue weighted by Gasteiger charge is -2.16. The molecule has 114 valence electrons. The molecule has 1 aromatic heterocycles. The molecule has 0 aliphatic rings. The van der Waals surface area contributed by atoms with Crippen LogP contribution in [0.5, 0.6) is 5.75 Å². The number of hydrogen-bond donors (Lipinski definition) is 1. The van der Waals surface area contributed by atoms with Gasteiger partial charge in [-0.2, -0.15) is 0 Å². The lowest BCUT2D eigenvalue weighted by molar-refractivity contribution is 0.411. The van der Waals surface area contributed by atoms with Crippen LogP contribution in [0.15, 0.2) is 40.2 Å². The quantitative estimate of drug-likeness (QED) is 0.731. The normalized spacial score (nSPS) is 12.3.